The summed E-state index contributed by atoms with van der Waals surface area (Å²) in [4.78, 5) is 24.9. The predicted molar refractivity (Wildman–Crippen MR) is 122 cm³/mol. The second kappa shape index (κ2) is 10.4. The minimum Gasteiger partial charge on any atom is -0.493 e. The third-order valence-corrected chi connectivity index (χ3v) is 4.79. The normalized spacial score (nSPS) is 10.3. The standard InChI is InChI=1S/C23H25N3O7/c1-29-17-8-6-15(12-18(17)30-2)24-21(27)13-26-22(28)9-7-16(25-26)14-10-19(31-3)23(33-5)20(11-14)32-4/h6-12H,13H2,1-5H3,(H,24,27). The van der Waals surface area contributed by atoms with Gasteiger partial charge in [0.2, 0.25) is 11.7 Å². The molecular weight excluding hydrogens is 430 g/mol. The summed E-state index contributed by atoms with van der Waals surface area (Å²) in [6.45, 7) is -0.286. The van der Waals surface area contributed by atoms with Crippen molar-refractivity contribution in [3.05, 3.63) is 52.8 Å². The van der Waals surface area contributed by atoms with Crippen LogP contribution in [0.15, 0.2) is 47.3 Å². The minimum absolute atomic E-state index is 0.286. The molecule has 1 heterocycles. The van der Waals surface area contributed by atoms with Gasteiger partial charge in [-0.05, 0) is 30.3 Å². The maximum Gasteiger partial charge on any atom is 0.267 e. The Kier molecular flexibility index (Phi) is 7.39. The number of nitrogens with zero attached hydrogens (tertiary/aromatic N) is 2. The highest BCUT2D eigenvalue weighted by Gasteiger charge is 2.16. The van der Waals surface area contributed by atoms with Crippen LogP contribution in [0.2, 0.25) is 0 Å². The molecule has 0 saturated heterocycles. The van der Waals surface area contributed by atoms with Crippen LogP contribution in [0, 0.1) is 0 Å². The highest BCUT2D eigenvalue weighted by Crippen LogP contribution is 2.40. The zero-order valence-corrected chi connectivity index (χ0v) is 19.0. The van der Waals surface area contributed by atoms with Crippen LogP contribution in [0.1, 0.15) is 0 Å². The number of carbonyl (C=O) groups is 1. The average Bonchev–Trinajstić information content (AvgIpc) is 2.84. The van der Waals surface area contributed by atoms with Crippen molar-refractivity contribution in [1.82, 2.24) is 9.78 Å². The molecule has 174 valence electrons. The van der Waals surface area contributed by atoms with Gasteiger partial charge in [-0.1, -0.05) is 0 Å². The Balaban J connectivity index is 1.87. The molecule has 0 aliphatic rings. The van der Waals surface area contributed by atoms with E-state index in [0.29, 0.717) is 45.7 Å². The lowest BCUT2D eigenvalue weighted by molar-refractivity contribution is -0.117. The van der Waals surface area contributed by atoms with Gasteiger partial charge in [0.05, 0.1) is 41.2 Å². The Morgan fingerprint density at radius 3 is 2.03 bits per heavy atom. The van der Waals surface area contributed by atoms with Crippen LogP contribution in [-0.2, 0) is 11.3 Å². The quantitative estimate of drug-likeness (QED) is 0.524. The highest BCUT2D eigenvalue weighted by molar-refractivity contribution is 5.90. The number of aromatic nitrogens is 2. The Labute approximate surface area is 190 Å². The lowest BCUT2D eigenvalue weighted by Crippen LogP contribution is -2.29. The first-order valence-electron chi connectivity index (χ1n) is 9.84. The van der Waals surface area contributed by atoms with Gasteiger partial charge >= 0.3 is 0 Å². The zero-order valence-electron chi connectivity index (χ0n) is 19.0. The van der Waals surface area contributed by atoms with Gasteiger partial charge in [-0.2, -0.15) is 5.10 Å². The van der Waals surface area contributed by atoms with E-state index < -0.39 is 11.5 Å². The lowest BCUT2D eigenvalue weighted by atomic mass is 10.1. The predicted octanol–water partition coefficient (Wildman–Crippen LogP) is 2.59. The number of hydrogen-bond donors (Lipinski definition) is 1. The molecule has 3 rings (SSSR count). The minimum atomic E-state index is -0.432. The number of methoxy groups -OCH3 is 5. The summed E-state index contributed by atoms with van der Waals surface area (Å²) in [5.74, 6) is 1.89. The van der Waals surface area contributed by atoms with Crippen LogP contribution >= 0.6 is 0 Å². The molecule has 0 spiro atoms. The van der Waals surface area contributed by atoms with Crippen LogP contribution in [0.5, 0.6) is 28.7 Å². The summed E-state index contributed by atoms with van der Waals surface area (Å²) in [6, 6.07) is 11.3. The number of carbonyl (C=O) groups excluding carboxylic acids is 1. The molecule has 1 amide bonds. The van der Waals surface area contributed by atoms with Gasteiger partial charge in [0.25, 0.3) is 5.56 Å². The van der Waals surface area contributed by atoms with E-state index in [1.165, 1.54) is 41.6 Å². The maximum atomic E-state index is 12.6. The number of ether oxygens (including phenoxy) is 5. The van der Waals surface area contributed by atoms with E-state index >= 15 is 0 Å². The number of nitrogens with one attached hydrogen (secondary N) is 1. The van der Waals surface area contributed by atoms with Crippen molar-refractivity contribution < 1.29 is 28.5 Å². The van der Waals surface area contributed by atoms with Crippen LogP contribution in [0.4, 0.5) is 5.69 Å². The molecule has 0 bridgehead atoms. The van der Waals surface area contributed by atoms with Crippen molar-refractivity contribution in [2.24, 2.45) is 0 Å². The number of benzene rings is 2. The van der Waals surface area contributed by atoms with E-state index in [1.54, 1.807) is 36.4 Å². The third-order valence-electron chi connectivity index (χ3n) is 4.79. The summed E-state index contributed by atoms with van der Waals surface area (Å²) >= 11 is 0. The second-order valence-corrected chi connectivity index (χ2v) is 6.75. The molecular formula is C23H25N3O7. The number of anilines is 1. The topological polar surface area (TPSA) is 110 Å². The third kappa shape index (κ3) is 5.17. The molecule has 3 aromatic rings. The molecule has 0 fully saturated rings. The van der Waals surface area contributed by atoms with E-state index in [-0.39, 0.29) is 6.54 Å². The monoisotopic (exact) mass is 455 g/mol. The molecule has 0 radical (unpaired) electrons. The fourth-order valence-corrected chi connectivity index (χ4v) is 3.20. The van der Waals surface area contributed by atoms with E-state index in [2.05, 4.69) is 10.4 Å². The van der Waals surface area contributed by atoms with Gasteiger partial charge in [0.15, 0.2) is 23.0 Å². The lowest BCUT2D eigenvalue weighted by Gasteiger charge is -2.14. The van der Waals surface area contributed by atoms with Crippen molar-refractivity contribution >= 4 is 11.6 Å². The van der Waals surface area contributed by atoms with E-state index in [9.17, 15) is 9.59 Å². The zero-order chi connectivity index (χ0) is 24.0. The molecule has 0 unspecified atom stereocenters. The maximum absolute atomic E-state index is 12.6. The number of hydrogen-bond acceptors (Lipinski definition) is 8. The van der Waals surface area contributed by atoms with Crippen molar-refractivity contribution in [2.45, 2.75) is 6.54 Å². The molecule has 33 heavy (non-hydrogen) atoms. The van der Waals surface area contributed by atoms with Crippen LogP contribution in [0.25, 0.3) is 11.3 Å². The Hall–Kier alpha value is -4.21. The van der Waals surface area contributed by atoms with Gasteiger partial charge in [-0.25, -0.2) is 4.68 Å². The molecule has 0 atom stereocenters. The fraction of sp³-hybridized carbons (Fsp3) is 0.261. The fourth-order valence-electron chi connectivity index (χ4n) is 3.20. The average molecular weight is 455 g/mol. The Morgan fingerprint density at radius 2 is 1.45 bits per heavy atom. The first-order valence-corrected chi connectivity index (χ1v) is 9.84. The van der Waals surface area contributed by atoms with Crippen molar-refractivity contribution in [3.63, 3.8) is 0 Å². The first-order chi connectivity index (χ1) is 15.9. The van der Waals surface area contributed by atoms with Gasteiger partial charge in [-0.3, -0.25) is 9.59 Å². The van der Waals surface area contributed by atoms with Crippen molar-refractivity contribution in [2.75, 3.05) is 40.9 Å². The van der Waals surface area contributed by atoms with E-state index in [0.717, 1.165) is 4.68 Å². The summed E-state index contributed by atoms with van der Waals surface area (Å²) < 4.78 is 27.6. The molecule has 0 saturated carbocycles. The Morgan fingerprint density at radius 1 is 0.818 bits per heavy atom. The molecule has 10 nitrogen and oxygen atoms in total. The molecule has 0 aliphatic heterocycles. The van der Waals surface area contributed by atoms with Crippen molar-refractivity contribution in [1.29, 1.82) is 0 Å². The van der Waals surface area contributed by atoms with Gasteiger partial charge < -0.3 is 29.0 Å². The first kappa shape index (κ1) is 23.5. The van der Waals surface area contributed by atoms with Crippen LogP contribution in [0.3, 0.4) is 0 Å². The highest BCUT2D eigenvalue weighted by atomic mass is 16.5. The molecule has 1 N–H and O–H groups in total. The molecule has 10 heteroatoms. The second-order valence-electron chi connectivity index (χ2n) is 6.75. The molecule has 2 aromatic carbocycles. The molecule has 1 aromatic heterocycles. The summed E-state index contributed by atoms with van der Waals surface area (Å²) in [6.07, 6.45) is 0. The largest absolute Gasteiger partial charge is 0.493 e. The Bertz CT molecular complexity index is 1180. The van der Waals surface area contributed by atoms with Crippen molar-refractivity contribution in [3.8, 4) is 40.0 Å². The molecule has 0 aliphatic carbocycles. The van der Waals surface area contributed by atoms with Crippen LogP contribution < -0.4 is 34.6 Å². The van der Waals surface area contributed by atoms with Crippen LogP contribution in [-0.4, -0.2) is 51.2 Å². The summed E-state index contributed by atoms with van der Waals surface area (Å²) in [7, 11) is 7.55. The van der Waals surface area contributed by atoms with Gasteiger partial charge in [0, 0.05) is 23.4 Å². The smallest absolute Gasteiger partial charge is 0.267 e. The summed E-state index contributed by atoms with van der Waals surface area (Å²) in [5, 5.41) is 7.06. The number of amides is 1. The van der Waals surface area contributed by atoms with E-state index in [1.807, 2.05) is 0 Å². The van der Waals surface area contributed by atoms with Gasteiger partial charge in [0.1, 0.15) is 6.54 Å². The van der Waals surface area contributed by atoms with Gasteiger partial charge in [-0.15, -0.1) is 0 Å². The number of rotatable bonds is 9. The van der Waals surface area contributed by atoms with E-state index in [4.69, 9.17) is 23.7 Å². The summed E-state index contributed by atoms with van der Waals surface area (Å²) in [5.41, 5.74) is 1.14. The SMILES string of the molecule is COc1ccc(NC(=O)Cn2nc(-c3cc(OC)c(OC)c(OC)c3)ccc2=O)cc1OC.